The van der Waals surface area contributed by atoms with Crippen LogP contribution in [0, 0.1) is 0 Å². The number of hydrogen-bond acceptors (Lipinski definition) is 8. The Hall–Kier alpha value is -3.53. The first-order valence-electron chi connectivity index (χ1n) is 10.5. The molecule has 35 heavy (non-hydrogen) atoms. The Kier molecular flexibility index (Phi) is 6.63. The molecular weight excluding hydrogens is 504 g/mol. The molecule has 1 fully saturated rings. The monoisotopic (exact) mass is 520 g/mol. The first kappa shape index (κ1) is 23.2. The Labute approximate surface area is 214 Å². The number of ketones is 1. The molecule has 1 atom stereocenters. The zero-order valence-electron chi connectivity index (χ0n) is 18.0. The lowest BCUT2D eigenvalue weighted by Crippen LogP contribution is -2.29. The summed E-state index contributed by atoms with van der Waals surface area (Å²) in [5.41, 5.74) is 2.01. The Bertz CT molecular complexity index is 1430. The van der Waals surface area contributed by atoms with Crippen molar-refractivity contribution < 1.29 is 14.7 Å². The SMILES string of the molecule is O=C1C(=O)N(c2nnc(SCc3ccccc3Cl)s2)C(c2ccccc2)C1=C(O)c1ccncc1. The second kappa shape index (κ2) is 9.99. The van der Waals surface area contributed by atoms with Crippen molar-refractivity contribution in [1.29, 1.82) is 0 Å². The molecule has 2 aromatic heterocycles. The maximum absolute atomic E-state index is 13.2. The molecule has 7 nitrogen and oxygen atoms in total. The van der Waals surface area contributed by atoms with E-state index < -0.39 is 17.7 Å². The number of aromatic nitrogens is 3. The summed E-state index contributed by atoms with van der Waals surface area (Å²) in [6.45, 7) is 0. The van der Waals surface area contributed by atoms with Gasteiger partial charge in [-0.3, -0.25) is 19.5 Å². The Morgan fingerprint density at radius 1 is 1.00 bits per heavy atom. The van der Waals surface area contributed by atoms with Gasteiger partial charge in [0.05, 0.1) is 11.6 Å². The number of Topliss-reactive ketones (excluding diaryl/α,β-unsaturated/α-hetero) is 1. The maximum Gasteiger partial charge on any atom is 0.301 e. The largest absolute Gasteiger partial charge is 0.507 e. The highest BCUT2D eigenvalue weighted by Crippen LogP contribution is 2.44. The third kappa shape index (κ3) is 4.58. The molecule has 0 saturated carbocycles. The van der Waals surface area contributed by atoms with Crippen LogP contribution in [-0.2, 0) is 15.3 Å². The van der Waals surface area contributed by atoms with E-state index in [9.17, 15) is 14.7 Å². The van der Waals surface area contributed by atoms with Crippen molar-refractivity contribution in [3.63, 3.8) is 0 Å². The van der Waals surface area contributed by atoms with E-state index in [0.29, 0.717) is 26.2 Å². The minimum atomic E-state index is -0.848. The minimum absolute atomic E-state index is 0.00660. The topological polar surface area (TPSA) is 96.3 Å². The Morgan fingerprint density at radius 3 is 2.46 bits per heavy atom. The zero-order valence-corrected chi connectivity index (χ0v) is 20.4. The van der Waals surface area contributed by atoms with Crippen LogP contribution in [0.5, 0.6) is 0 Å². The molecule has 5 rings (SSSR count). The lowest BCUT2D eigenvalue weighted by atomic mass is 9.96. The van der Waals surface area contributed by atoms with Crippen LogP contribution in [0.25, 0.3) is 5.76 Å². The van der Waals surface area contributed by atoms with E-state index >= 15 is 0 Å². The van der Waals surface area contributed by atoms with Crippen LogP contribution < -0.4 is 4.90 Å². The Balaban J connectivity index is 1.52. The summed E-state index contributed by atoms with van der Waals surface area (Å²) >= 11 is 8.89. The van der Waals surface area contributed by atoms with Crippen molar-refractivity contribution in [3.05, 3.63) is 106 Å². The third-order valence-corrected chi connectivity index (χ3v) is 7.90. The lowest BCUT2D eigenvalue weighted by molar-refractivity contribution is -0.132. The molecule has 4 aromatic rings. The molecule has 1 aliphatic heterocycles. The number of carbonyl (C=O) groups is 2. The predicted octanol–water partition coefficient (Wildman–Crippen LogP) is 5.51. The number of carbonyl (C=O) groups excluding carboxylic acids is 2. The molecule has 0 bridgehead atoms. The van der Waals surface area contributed by atoms with Crippen molar-refractivity contribution in [2.45, 2.75) is 16.1 Å². The number of amides is 1. The van der Waals surface area contributed by atoms with Gasteiger partial charge in [-0.25, -0.2) is 0 Å². The van der Waals surface area contributed by atoms with Gasteiger partial charge in [-0.15, -0.1) is 10.2 Å². The van der Waals surface area contributed by atoms with Crippen LogP contribution >= 0.6 is 34.7 Å². The van der Waals surface area contributed by atoms with E-state index in [0.717, 1.165) is 5.56 Å². The second-order valence-corrected chi connectivity index (χ2v) is 10.1. The maximum atomic E-state index is 13.2. The molecule has 0 radical (unpaired) electrons. The molecule has 10 heteroatoms. The number of rotatable bonds is 6. The molecule has 0 spiro atoms. The molecule has 0 aliphatic carbocycles. The number of hydrogen-bond donors (Lipinski definition) is 1. The average molecular weight is 521 g/mol. The number of anilines is 1. The lowest BCUT2D eigenvalue weighted by Gasteiger charge is -2.22. The van der Waals surface area contributed by atoms with Crippen LogP contribution in [0.15, 0.2) is 89.0 Å². The van der Waals surface area contributed by atoms with Gasteiger partial charge < -0.3 is 5.11 Å². The van der Waals surface area contributed by atoms with Gasteiger partial charge in [0.2, 0.25) is 5.13 Å². The zero-order chi connectivity index (χ0) is 24.4. The third-order valence-electron chi connectivity index (χ3n) is 5.42. The first-order chi connectivity index (χ1) is 17.0. The van der Waals surface area contributed by atoms with E-state index in [-0.39, 0.29) is 16.5 Å². The van der Waals surface area contributed by atoms with Gasteiger partial charge in [0.1, 0.15) is 5.76 Å². The molecule has 1 N–H and O–H groups in total. The fourth-order valence-corrected chi connectivity index (χ4v) is 5.91. The summed E-state index contributed by atoms with van der Waals surface area (Å²) in [6, 6.07) is 18.9. The van der Waals surface area contributed by atoms with E-state index in [2.05, 4.69) is 15.2 Å². The van der Waals surface area contributed by atoms with Crippen molar-refractivity contribution >= 4 is 57.3 Å². The number of aliphatic hydroxyl groups excluding tert-OH is 1. The number of pyridine rings is 1. The number of thioether (sulfide) groups is 1. The standard InChI is InChI=1S/C25H17ClN4O3S2/c26-18-9-5-4-8-17(18)14-34-25-29-28-24(35-25)30-20(15-6-2-1-3-7-15)19(22(32)23(30)33)21(31)16-10-12-27-13-11-16/h1-13,20,31H,14H2. The first-order valence-corrected chi connectivity index (χ1v) is 12.7. The minimum Gasteiger partial charge on any atom is -0.507 e. The highest BCUT2D eigenvalue weighted by molar-refractivity contribution is 8.00. The fraction of sp³-hybridized carbons (Fsp3) is 0.0800. The average Bonchev–Trinajstić information content (AvgIpc) is 3.46. The summed E-state index contributed by atoms with van der Waals surface area (Å²) in [5, 5.41) is 20.4. The highest BCUT2D eigenvalue weighted by Gasteiger charge is 2.48. The molecule has 2 aromatic carbocycles. The van der Waals surface area contributed by atoms with Crippen molar-refractivity contribution in [2.24, 2.45) is 0 Å². The molecule has 1 amide bonds. The van der Waals surface area contributed by atoms with E-state index in [1.54, 1.807) is 24.3 Å². The Morgan fingerprint density at radius 2 is 1.71 bits per heavy atom. The van der Waals surface area contributed by atoms with Gasteiger partial charge in [-0.1, -0.05) is 83.2 Å². The summed E-state index contributed by atoms with van der Waals surface area (Å²) in [5.74, 6) is -1.24. The second-order valence-electron chi connectivity index (χ2n) is 7.55. The summed E-state index contributed by atoms with van der Waals surface area (Å²) in [4.78, 5) is 31.6. The van der Waals surface area contributed by atoms with E-state index in [1.165, 1.54) is 40.4 Å². The number of nitrogens with zero attached hydrogens (tertiary/aromatic N) is 4. The molecule has 1 saturated heterocycles. The van der Waals surface area contributed by atoms with Gasteiger partial charge in [-0.05, 0) is 29.3 Å². The number of aliphatic hydroxyl groups is 1. The smallest absolute Gasteiger partial charge is 0.301 e. The summed E-state index contributed by atoms with van der Waals surface area (Å²) in [6.07, 6.45) is 3.02. The summed E-state index contributed by atoms with van der Waals surface area (Å²) in [7, 11) is 0. The normalized spacial score (nSPS) is 17.2. The van der Waals surface area contributed by atoms with Gasteiger partial charge in [0, 0.05) is 28.7 Å². The van der Waals surface area contributed by atoms with E-state index in [1.807, 2.05) is 42.5 Å². The molecule has 3 heterocycles. The van der Waals surface area contributed by atoms with Crippen molar-refractivity contribution in [3.8, 4) is 0 Å². The van der Waals surface area contributed by atoms with Gasteiger partial charge >= 0.3 is 5.91 Å². The van der Waals surface area contributed by atoms with Crippen molar-refractivity contribution in [1.82, 2.24) is 15.2 Å². The quantitative estimate of drug-likeness (QED) is 0.118. The van der Waals surface area contributed by atoms with E-state index in [4.69, 9.17) is 11.6 Å². The van der Waals surface area contributed by atoms with Gasteiger partial charge in [0.15, 0.2) is 4.34 Å². The van der Waals surface area contributed by atoms with Crippen LogP contribution in [0.4, 0.5) is 5.13 Å². The van der Waals surface area contributed by atoms with Gasteiger partial charge in [0.25, 0.3) is 5.78 Å². The van der Waals surface area contributed by atoms with Crippen LogP contribution in [0.3, 0.4) is 0 Å². The molecule has 1 aliphatic rings. The summed E-state index contributed by atoms with van der Waals surface area (Å²) < 4.78 is 0.628. The molecule has 1 unspecified atom stereocenters. The van der Waals surface area contributed by atoms with Crippen LogP contribution in [0.1, 0.15) is 22.7 Å². The highest BCUT2D eigenvalue weighted by atomic mass is 35.5. The number of benzene rings is 2. The fourth-order valence-electron chi connectivity index (χ4n) is 3.76. The van der Waals surface area contributed by atoms with Crippen LogP contribution in [-0.4, -0.2) is 32.0 Å². The van der Waals surface area contributed by atoms with Gasteiger partial charge in [-0.2, -0.15) is 0 Å². The number of halogens is 1. The molecule has 174 valence electrons. The van der Waals surface area contributed by atoms with Crippen LogP contribution in [0.2, 0.25) is 5.02 Å². The molecular formula is C25H17ClN4O3S2. The predicted molar refractivity (Wildman–Crippen MR) is 136 cm³/mol. The van der Waals surface area contributed by atoms with Crippen molar-refractivity contribution in [2.75, 3.05) is 4.90 Å².